The van der Waals surface area contributed by atoms with E-state index in [0.29, 0.717) is 0 Å². The Morgan fingerprint density at radius 1 is 0.600 bits per heavy atom. The van der Waals surface area contributed by atoms with Crippen molar-refractivity contribution in [2.24, 2.45) is 0 Å². The maximum atomic E-state index is 2.48. The summed E-state index contributed by atoms with van der Waals surface area (Å²) in [5.41, 5.74) is 2.92. The van der Waals surface area contributed by atoms with E-state index in [1.807, 2.05) is 0 Å². The van der Waals surface area contributed by atoms with Gasteiger partial charge in [-0.05, 0) is 21.2 Å². The van der Waals surface area contributed by atoms with E-state index in [9.17, 15) is 0 Å². The molecule has 20 heavy (non-hydrogen) atoms. The second kappa shape index (κ2) is 5.57. The molecule has 2 rings (SSSR count). The van der Waals surface area contributed by atoms with Crippen LogP contribution in [0.1, 0.15) is 38.8 Å². The van der Waals surface area contributed by atoms with Gasteiger partial charge in [-0.3, -0.25) is 0 Å². The van der Waals surface area contributed by atoms with Crippen LogP contribution < -0.4 is 0 Å². The molecule has 105 valence electrons. The second-order valence-electron chi connectivity index (χ2n) is 6.61. The van der Waals surface area contributed by atoms with Gasteiger partial charge in [0.15, 0.2) is 0 Å². The molecule has 0 heterocycles. The van der Waals surface area contributed by atoms with E-state index in [1.165, 1.54) is 11.1 Å². The number of rotatable bonds is 4. The van der Waals surface area contributed by atoms with Crippen molar-refractivity contribution in [1.29, 1.82) is 0 Å². The van der Waals surface area contributed by atoms with Gasteiger partial charge in [-0.2, -0.15) is 0 Å². The van der Waals surface area contributed by atoms with Crippen molar-refractivity contribution in [3.8, 4) is 0 Å². The smallest absolute Gasteiger partial charge is 0.0678 e. The van der Waals surface area contributed by atoms with Gasteiger partial charge >= 0.3 is 0 Å². The highest BCUT2D eigenvalue weighted by atomic mass is 28.3. The van der Waals surface area contributed by atoms with Crippen molar-refractivity contribution >= 4 is 8.80 Å². The van der Waals surface area contributed by atoms with E-state index < -0.39 is 8.80 Å². The van der Waals surface area contributed by atoms with Crippen LogP contribution in [0.5, 0.6) is 0 Å². The van der Waals surface area contributed by atoms with Crippen LogP contribution in [-0.4, -0.2) is 8.80 Å². The molecule has 1 radical (unpaired) electrons. The highest BCUT2D eigenvalue weighted by molar-refractivity contribution is 6.64. The molecule has 2 aromatic carbocycles. The minimum atomic E-state index is -0.647. The third-order valence-corrected chi connectivity index (χ3v) is 9.19. The van der Waals surface area contributed by atoms with Gasteiger partial charge in [-0.1, -0.05) is 94.9 Å². The molecule has 0 aliphatic heterocycles. The first-order valence-electron chi connectivity index (χ1n) is 7.32. The first-order chi connectivity index (χ1) is 9.37. The molecule has 0 atom stereocenters. The molecule has 0 aliphatic rings. The van der Waals surface area contributed by atoms with E-state index in [2.05, 4.69) is 94.9 Å². The normalized spacial score (nSPS) is 12.7. The van der Waals surface area contributed by atoms with E-state index >= 15 is 0 Å². The van der Waals surface area contributed by atoms with Crippen molar-refractivity contribution in [2.45, 2.75) is 44.3 Å². The molecule has 0 unspecified atom stereocenters. The predicted molar refractivity (Wildman–Crippen MR) is 90.6 cm³/mol. The third-order valence-electron chi connectivity index (χ3n) is 4.87. The summed E-state index contributed by atoms with van der Waals surface area (Å²) < 4.78 is 0. The van der Waals surface area contributed by atoms with Crippen LogP contribution in [0.15, 0.2) is 60.7 Å². The topological polar surface area (TPSA) is 0 Å². The van der Waals surface area contributed by atoms with Gasteiger partial charge in [0.2, 0.25) is 0 Å². The van der Waals surface area contributed by atoms with Crippen molar-refractivity contribution in [3.63, 3.8) is 0 Å². The maximum absolute atomic E-state index is 2.48. The number of hydrogen-bond donors (Lipinski definition) is 0. The summed E-state index contributed by atoms with van der Waals surface area (Å²) in [5.74, 6) is 0. The van der Waals surface area contributed by atoms with Crippen LogP contribution in [0.4, 0.5) is 0 Å². The average molecular weight is 281 g/mol. The fourth-order valence-corrected chi connectivity index (χ4v) is 5.69. The third kappa shape index (κ3) is 2.73. The highest BCUT2D eigenvalue weighted by Crippen LogP contribution is 2.37. The number of benzene rings is 2. The van der Waals surface area contributed by atoms with Gasteiger partial charge in [0.05, 0.1) is 8.80 Å². The second-order valence-corrected chi connectivity index (χ2v) is 10.4. The molecule has 0 fully saturated rings. The molecule has 0 nitrogen and oxygen atoms in total. The summed E-state index contributed by atoms with van der Waals surface area (Å²) in [6, 6.07) is 21.9. The summed E-state index contributed by atoms with van der Waals surface area (Å²) in [6.07, 6.45) is 0. The first-order valence-corrected chi connectivity index (χ1v) is 9.32. The van der Waals surface area contributed by atoms with Crippen LogP contribution in [0.3, 0.4) is 0 Å². The molecule has 0 saturated carbocycles. The largest absolute Gasteiger partial charge is 0.0696 e. The fraction of sp³-hybridized carbons (Fsp3) is 0.368. The quantitative estimate of drug-likeness (QED) is 0.680. The Bertz CT molecular complexity index is 489. The molecule has 0 aromatic heterocycles. The molecule has 0 saturated heterocycles. The molecule has 0 N–H and O–H groups in total. The van der Waals surface area contributed by atoms with Gasteiger partial charge in [-0.25, -0.2) is 0 Å². The zero-order valence-electron chi connectivity index (χ0n) is 13.3. The van der Waals surface area contributed by atoms with Crippen molar-refractivity contribution < 1.29 is 0 Å². The predicted octanol–water partition coefficient (Wildman–Crippen LogP) is 5.15. The van der Waals surface area contributed by atoms with Gasteiger partial charge in [0.1, 0.15) is 0 Å². The Hall–Kier alpha value is -1.34. The van der Waals surface area contributed by atoms with Crippen molar-refractivity contribution in [3.05, 3.63) is 71.8 Å². The zero-order valence-corrected chi connectivity index (χ0v) is 14.3. The van der Waals surface area contributed by atoms with E-state index in [0.717, 1.165) is 0 Å². The minimum absolute atomic E-state index is 0.241. The minimum Gasteiger partial charge on any atom is -0.0696 e. The Labute approximate surface area is 125 Å². The SMILES string of the molecule is C[Si](C(C)(C)c1ccccc1)C(C)(C)c1ccccc1. The van der Waals surface area contributed by atoms with Crippen LogP contribution in [-0.2, 0) is 10.1 Å². The molecule has 2 aromatic rings. The van der Waals surface area contributed by atoms with Gasteiger partial charge in [-0.15, -0.1) is 0 Å². The Balaban J connectivity index is 2.37. The lowest BCUT2D eigenvalue weighted by molar-refractivity contribution is 0.641. The average Bonchev–Trinajstić information content (AvgIpc) is 2.48. The molecular formula is C19H25Si. The Morgan fingerprint density at radius 3 is 1.20 bits per heavy atom. The van der Waals surface area contributed by atoms with E-state index in [-0.39, 0.29) is 10.1 Å². The van der Waals surface area contributed by atoms with Gasteiger partial charge in [0.25, 0.3) is 0 Å². The van der Waals surface area contributed by atoms with Crippen molar-refractivity contribution in [1.82, 2.24) is 0 Å². The van der Waals surface area contributed by atoms with Crippen LogP contribution in [0.25, 0.3) is 0 Å². The molecule has 0 amide bonds. The van der Waals surface area contributed by atoms with E-state index in [1.54, 1.807) is 0 Å². The van der Waals surface area contributed by atoms with Crippen LogP contribution in [0, 0.1) is 0 Å². The van der Waals surface area contributed by atoms with Crippen LogP contribution >= 0.6 is 0 Å². The Kier molecular flexibility index (Phi) is 4.19. The van der Waals surface area contributed by atoms with Gasteiger partial charge in [0, 0.05) is 0 Å². The summed E-state index contributed by atoms with van der Waals surface area (Å²) in [5, 5.41) is 0.483. The highest BCUT2D eigenvalue weighted by Gasteiger charge is 2.40. The lowest BCUT2D eigenvalue weighted by Gasteiger charge is -2.42. The first kappa shape index (κ1) is 15.1. The molecular weight excluding hydrogens is 256 g/mol. The standard InChI is InChI=1S/C19H25Si/c1-18(2,16-12-8-6-9-13-16)20(5)19(3,4)17-14-10-7-11-15-17/h6-15H,1-5H3. The maximum Gasteiger partial charge on any atom is 0.0678 e. The van der Waals surface area contributed by atoms with Gasteiger partial charge < -0.3 is 0 Å². The summed E-state index contributed by atoms with van der Waals surface area (Å²) in [6.45, 7) is 12.1. The van der Waals surface area contributed by atoms with Crippen LogP contribution in [0.2, 0.25) is 6.55 Å². The zero-order chi connectivity index (χ0) is 14.8. The lowest BCUT2D eigenvalue weighted by atomic mass is 10.0. The molecule has 1 heteroatoms. The lowest BCUT2D eigenvalue weighted by Crippen LogP contribution is -2.49. The monoisotopic (exact) mass is 281 g/mol. The molecule has 0 spiro atoms. The number of hydrogen-bond acceptors (Lipinski definition) is 0. The molecule has 0 aliphatic carbocycles. The van der Waals surface area contributed by atoms with E-state index in [4.69, 9.17) is 0 Å². The summed E-state index contributed by atoms with van der Waals surface area (Å²) in [4.78, 5) is 0. The molecule has 0 bridgehead atoms. The summed E-state index contributed by atoms with van der Waals surface area (Å²) in [7, 11) is -0.647. The van der Waals surface area contributed by atoms with Crippen molar-refractivity contribution in [2.75, 3.05) is 0 Å². The summed E-state index contributed by atoms with van der Waals surface area (Å²) >= 11 is 0. The fourth-order valence-electron chi connectivity index (χ4n) is 2.92. The Morgan fingerprint density at radius 2 is 0.900 bits per heavy atom.